The van der Waals surface area contributed by atoms with Crippen LogP contribution in [0.15, 0.2) is 59.4 Å². The van der Waals surface area contributed by atoms with Gasteiger partial charge in [-0.3, -0.25) is 4.68 Å². The number of methoxy groups -OCH3 is 1. The Morgan fingerprint density at radius 3 is 2.60 bits per heavy atom. The van der Waals surface area contributed by atoms with Crippen molar-refractivity contribution < 1.29 is 9.26 Å². The lowest BCUT2D eigenvalue weighted by atomic mass is 10.0. The van der Waals surface area contributed by atoms with E-state index in [1.807, 2.05) is 16.8 Å². The maximum absolute atomic E-state index is 5.13. The lowest BCUT2D eigenvalue weighted by Crippen LogP contribution is -2.07. The highest BCUT2D eigenvalue weighted by Gasteiger charge is 2.16. The molecular formula is C23H25N5O2. The second-order valence-electron chi connectivity index (χ2n) is 7.25. The molecule has 0 atom stereocenters. The first-order chi connectivity index (χ1) is 14.6. The summed E-state index contributed by atoms with van der Waals surface area (Å²) in [5.74, 6) is 0.541. The van der Waals surface area contributed by atoms with Gasteiger partial charge in [-0.05, 0) is 43.7 Å². The van der Waals surface area contributed by atoms with Crippen LogP contribution in [0.4, 0.5) is 5.69 Å². The molecule has 0 aliphatic heterocycles. The van der Waals surface area contributed by atoms with Crippen LogP contribution in [0.3, 0.4) is 0 Å². The lowest BCUT2D eigenvalue weighted by Gasteiger charge is -2.10. The molecule has 1 N–H and O–H groups in total. The minimum absolute atomic E-state index is 0.541. The zero-order valence-corrected chi connectivity index (χ0v) is 17.4. The first kappa shape index (κ1) is 19.8. The molecule has 154 valence electrons. The second-order valence-corrected chi connectivity index (χ2v) is 7.25. The standard InChI is InChI=1S/C23H25N5O2/c1-16-4-6-18(7-5-16)14-28-17(2)12-22(26-28)21-13-19(24-10-11-29-3)8-9-20(21)23-25-15-30-27-23/h4-9,12-13,15,24H,10-11,14H2,1-3H3. The third-order valence-electron chi connectivity index (χ3n) is 4.97. The van der Waals surface area contributed by atoms with Gasteiger partial charge in [0, 0.05) is 36.2 Å². The quantitative estimate of drug-likeness (QED) is 0.441. The third-order valence-corrected chi connectivity index (χ3v) is 4.97. The first-order valence-electron chi connectivity index (χ1n) is 9.88. The minimum Gasteiger partial charge on any atom is -0.383 e. The molecule has 0 fully saturated rings. The summed E-state index contributed by atoms with van der Waals surface area (Å²) < 4.78 is 12.1. The zero-order valence-electron chi connectivity index (χ0n) is 17.4. The highest BCUT2D eigenvalue weighted by molar-refractivity contribution is 5.81. The minimum atomic E-state index is 0.541. The van der Waals surface area contributed by atoms with Gasteiger partial charge in [0.1, 0.15) is 0 Å². The molecule has 0 saturated carbocycles. The number of hydrogen-bond acceptors (Lipinski definition) is 6. The predicted octanol–water partition coefficient (Wildman–Crippen LogP) is 4.32. The largest absolute Gasteiger partial charge is 0.383 e. The Morgan fingerprint density at radius 2 is 1.87 bits per heavy atom. The van der Waals surface area contributed by atoms with Gasteiger partial charge in [0.2, 0.25) is 12.2 Å². The number of anilines is 1. The Balaban J connectivity index is 1.69. The molecule has 0 bridgehead atoms. The van der Waals surface area contributed by atoms with Crippen LogP contribution in [-0.2, 0) is 11.3 Å². The molecule has 0 saturated heterocycles. The van der Waals surface area contributed by atoms with Crippen LogP contribution in [0.1, 0.15) is 16.8 Å². The fourth-order valence-corrected chi connectivity index (χ4v) is 3.32. The molecule has 0 amide bonds. The van der Waals surface area contributed by atoms with E-state index in [0.717, 1.165) is 41.3 Å². The van der Waals surface area contributed by atoms with Gasteiger partial charge < -0.3 is 14.6 Å². The molecule has 2 aromatic carbocycles. The zero-order chi connectivity index (χ0) is 20.9. The number of hydrogen-bond donors (Lipinski definition) is 1. The van der Waals surface area contributed by atoms with Crippen LogP contribution in [0.25, 0.3) is 22.6 Å². The van der Waals surface area contributed by atoms with Crippen molar-refractivity contribution in [1.29, 1.82) is 0 Å². The van der Waals surface area contributed by atoms with Crippen molar-refractivity contribution in [2.24, 2.45) is 0 Å². The summed E-state index contributed by atoms with van der Waals surface area (Å²) >= 11 is 0. The lowest BCUT2D eigenvalue weighted by molar-refractivity contribution is 0.211. The van der Waals surface area contributed by atoms with E-state index < -0.39 is 0 Å². The van der Waals surface area contributed by atoms with E-state index in [0.29, 0.717) is 12.4 Å². The predicted molar refractivity (Wildman–Crippen MR) is 116 cm³/mol. The average molecular weight is 403 g/mol. The van der Waals surface area contributed by atoms with Crippen LogP contribution in [0.5, 0.6) is 0 Å². The van der Waals surface area contributed by atoms with E-state index >= 15 is 0 Å². The van der Waals surface area contributed by atoms with Gasteiger partial charge in [-0.15, -0.1) is 0 Å². The summed E-state index contributed by atoms with van der Waals surface area (Å²) in [4.78, 5) is 4.23. The van der Waals surface area contributed by atoms with Crippen molar-refractivity contribution in [2.45, 2.75) is 20.4 Å². The van der Waals surface area contributed by atoms with Gasteiger partial charge in [-0.2, -0.15) is 10.1 Å². The topological polar surface area (TPSA) is 78.0 Å². The molecule has 0 unspecified atom stereocenters. The Kier molecular flexibility index (Phi) is 5.90. The summed E-state index contributed by atoms with van der Waals surface area (Å²) in [7, 11) is 1.69. The van der Waals surface area contributed by atoms with Crippen LogP contribution >= 0.6 is 0 Å². The monoisotopic (exact) mass is 403 g/mol. The maximum Gasteiger partial charge on any atom is 0.214 e. The summed E-state index contributed by atoms with van der Waals surface area (Å²) in [5, 5.41) is 12.3. The summed E-state index contributed by atoms with van der Waals surface area (Å²) in [6, 6.07) is 16.7. The molecule has 4 rings (SSSR count). The summed E-state index contributed by atoms with van der Waals surface area (Å²) in [6.07, 6.45) is 1.34. The maximum atomic E-state index is 5.13. The number of ether oxygens (including phenoxy) is 1. The molecule has 2 heterocycles. The molecule has 30 heavy (non-hydrogen) atoms. The van der Waals surface area contributed by atoms with E-state index in [9.17, 15) is 0 Å². The summed E-state index contributed by atoms with van der Waals surface area (Å²) in [6.45, 7) is 6.23. The normalized spacial score (nSPS) is 11.0. The second kappa shape index (κ2) is 8.92. The van der Waals surface area contributed by atoms with Gasteiger partial charge >= 0.3 is 0 Å². The van der Waals surface area contributed by atoms with Crippen LogP contribution in [0.2, 0.25) is 0 Å². The van der Waals surface area contributed by atoms with E-state index in [2.05, 4.69) is 65.7 Å². The van der Waals surface area contributed by atoms with Crippen molar-refractivity contribution >= 4 is 5.69 Å². The molecule has 2 aromatic heterocycles. The van der Waals surface area contributed by atoms with Gasteiger partial charge in [0.05, 0.1) is 18.8 Å². The molecule has 7 nitrogen and oxygen atoms in total. The van der Waals surface area contributed by atoms with Crippen LogP contribution in [-0.4, -0.2) is 40.2 Å². The number of nitrogens with one attached hydrogen (secondary N) is 1. The van der Waals surface area contributed by atoms with E-state index in [4.69, 9.17) is 14.4 Å². The first-order valence-corrected chi connectivity index (χ1v) is 9.88. The van der Waals surface area contributed by atoms with E-state index in [1.165, 1.54) is 17.5 Å². The van der Waals surface area contributed by atoms with E-state index in [1.54, 1.807) is 7.11 Å². The fraction of sp³-hybridized carbons (Fsp3) is 0.261. The van der Waals surface area contributed by atoms with E-state index in [-0.39, 0.29) is 0 Å². The van der Waals surface area contributed by atoms with Gasteiger partial charge in [0.25, 0.3) is 0 Å². The average Bonchev–Trinajstić information content (AvgIpc) is 3.40. The molecule has 4 aromatic rings. The Labute approximate surface area is 175 Å². The van der Waals surface area contributed by atoms with Gasteiger partial charge in [-0.1, -0.05) is 35.0 Å². The highest BCUT2D eigenvalue weighted by atomic mass is 16.5. The number of aromatic nitrogens is 4. The SMILES string of the molecule is COCCNc1ccc(-c2ncon2)c(-c2cc(C)n(Cc3ccc(C)cc3)n2)c1. The third kappa shape index (κ3) is 4.41. The van der Waals surface area contributed by atoms with Crippen molar-refractivity contribution in [2.75, 3.05) is 25.6 Å². The van der Waals surface area contributed by atoms with Crippen molar-refractivity contribution in [3.8, 4) is 22.6 Å². The van der Waals surface area contributed by atoms with Crippen molar-refractivity contribution in [3.63, 3.8) is 0 Å². The smallest absolute Gasteiger partial charge is 0.214 e. The van der Waals surface area contributed by atoms with Gasteiger partial charge in [-0.25, -0.2) is 0 Å². The number of rotatable bonds is 8. The molecule has 0 aliphatic carbocycles. The Bertz CT molecular complexity index is 1100. The molecule has 7 heteroatoms. The number of benzene rings is 2. The number of aryl methyl sites for hydroxylation is 2. The molecule has 0 spiro atoms. The van der Waals surface area contributed by atoms with Crippen molar-refractivity contribution in [1.82, 2.24) is 19.9 Å². The molecular weight excluding hydrogens is 378 g/mol. The Morgan fingerprint density at radius 1 is 1.03 bits per heavy atom. The fourth-order valence-electron chi connectivity index (χ4n) is 3.32. The Hall–Kier alpha value is -3.45. The van der Waals surface area contributed by atoms with Crippen molar-refractivity contribution in [3.05, 3.63) is 71.7 Å². The highest BCUT2D eigenvalue weighted by Crippen LogP contribution is 2.32. The molecule has 0 aliphatic rings. The van der Waals surface area contributed by atoms with Crippen LogP contribution < -0.4 is 5.32 Å². The number of nitrogens with zero attached hydrogens (tertiary/aromatic N) is 4. The van der Waals surface area contributed by atoms with Crippen LogP contribution in [0, 0.1) is 13.8 Å². The van der Waals surface area contributed by atoms with Gasteiger partial charge in [0.15, 0.2) is 0 Å². The molecule has 0 radical (unpaired) electrons. The summed E-state index contributed by atoms with van der Waals surface area (Å²) in [5.41, 5.74) is 7.23.